The van der Waals surface area contributed by atoms with Crippen LogP contribution in [0.3, 0.4) is 0 Å². The molecule has 1 aliphatic heterocycles. The van der Waals surface area contributed by atoms with Crippen LogP contribution in [0, 0.1) is 5.92 Å². The Kier molecular flexibility index (Phi) is 6.78. The average molecular weight is 423 g/mol. The van der Waals surface area contributed by atoms with Gasteiger partial charge in [0.25, 0.3) is 5.91 Å². The number of carbonyl (C=O) groups excluding carboxylic acids is 3. The largest absolute Gasteiger partial charge is 0.488 e. The first-order valence-corrected chi connectivity index (χ1v) is 10.6. The Morgan fingerprint density at radius 3 is 2.29 bits per heavy atom. The van der Waals surface area contributed by atoms with E-state index in [0.29, 0.717) is 18.5 Å². The molecule has 2 aromatic carbocycles. The lowest BCUT2D eigenvalue weighted by Crippen LogP contribution is -2.59. The topological polar surface area (TPSA) is 75.7 Å². The molecule has 1 fully saturated rings. The van der Waals surface area contributed by atoms with Gasteiger partial charge in [0.05, 0.1) is 0 Å². The van der Waals surface area contributed by atoms with Crippen LogP contribution in [0.1, 0.15) is 39.2 Å². The van der Waals surface area contributed by atoms with Gasteiger partial charge in [-0.05, 0) is 63.4 Å². The number of nitrogens with zero attached hydrogens (tertiary/aromatic N) is 1. The monoisotopic (exact) mass is 422 g/mol. The predicted octanol–water partition coefficient (Wildman–Crippen LogP) is 3.53. The minimum atomic E-state index is -1.12. The third-order valence-corrected chi connectivity index (χ3v) is 5.26. The van der Waals surface area contributed by atoms with Gasteiger partial charge in [-0.15, -0.1) is 0 Å². The molecule has 0 spiro atoms. The van der Waals surface area contributed by atoms with E-state index in [2.05, 4.69) is 5.32 Å². The van der Waals surface area contributed by atoms with Gasteiger partial charge in [0.1, 0.15) is 11.4 Å². The highest BCUT2D eigenvalue weighted by Crippen LogP contribution is 2.30. The summed E-state index contributed by atoms with van der Waals surface area (Å²) in [5, 5.41) is 2.51. The standard InChI is InChI=1S/C25H30N2O4/c1-25(2,3)31-20-14-11-17(12-15-20)10-13-18-16-21(28)22(23(29)26-4)27(24(18)30)19-8-6-5-7-9-19/h5-9,11-12,14-15,18,22H,10,13,16H2,1-4H3,(H,26,29)/t18-,22+/m1/s1. The van der Waals surface area contributed by atoms with Gasteiger partial charge in [0, 0.05) is 25.1 Å². The number of aryl methyl sites for hydroxylation is 1. The molecule has 1 aliphatic rings. The first-order valence-electron chi connectivity index (χ1n) is 10.6. The quantitative estimate of drug-likeness (QED) is 0.723. The summed E-state index contributed by atoms with van der Waals surface area (Å²) in [6.45, 7) is 5.99. The van der Waals surface area contributed by atoms with Crippen molar-refractivity contribution in [1.82, 2.24) is 5.32 Å². The van der Waals surface area contributed by atoms with Crippen molar-refractivity contribution in [2.75, 3.05) is 11.9 Å². The fourth-order valence-electron chi connectivity index (χ4n) is 3.82. The van der Waals surface area contributed by atoms with Crippen LogP contribution in [0.2, 0.25) is 0 Å². The van der Waals surface area contributed by atoms with E-state index < -0.39 is 17.9 Å². The maximum atomic E-state index is 13.3. The van der Waals surface area contributed by atoms with Gasteiger partial charge >= 0.3 is 0 Å². The Morgan fingerprint density at radius 1 is 1.06 bits per heavy atom. The smallest absolute Gasteiger partial charge is 0.250 e. The SMILES string of the molecule is CNC(=O)[C@@H]1C(=O)C[C@@H](CCc2ccc(OC(C)(C)C)cc2)C(=O)N1c1ccccc1. The maximum absolute atomic E-state index is 13.3. The highest BCUT2D eigenvalue weighted by Gasteiger charge is 2.44. The molecule has 1 heterocycles. The molecular formula is C25H30N2O4. The van der Waals surface area contributed by atoms with E-state index in [-0.39, 0.29) is 23.7 Å². The van der Waals surface area contributed by atoms with Crippen LogP contribution in [0.15, 0.2) is 54.6 Å². The van der Waals surface area contributed by atoms with Crippen molar-refractivity contribution >= 4 is 23.3 Å². The molecule has 1 saturated heterocycles. The normalized spacial score (nSPS) is 19.3. The van der Waals surface area contributed by atoms with E-state index in [0.717, 1.165) is 11.3 Å². The van der Waals surface area contributed by atoms with E-state index >= 15 is 0 Å². The van der Waals surface area contributed by atoms with Crippen LogP contribution < -0.4 is 15.0 Å². The number of likely N-dealkylation sites (N-methyl/N-ethyl adjacent to an activating group) is 1. The molecule has 0 bridgehead atoms. The van der Waals surface area contributed by atoms with Crippen molar-refractivity contribution < 1.29 is 19.1 Å². The number of hydrogen-bond donors (Lipinski definition) is 1. The number of piperidine rings is 1. The number of ketones is 1. The maximum Gasteiger partial charge on any atom is 0.250 e. The second-order valence-electron chi connectivity index (χ2n) is 8.82. The number of benzene rings is 2. The molecule has 0 aromatic heterocycles. The highest BCUT2D eigenvalue weighted by atomic mass is 16.5. The minimum absolute atomic E-state index is 0.0749. The van der Waals surface area contributed by atoms with Gasteiger partial charge in [-0.1, -0.05) is 30.3 Å². The lowest BCUT2D eigenvalue weighted by molar-refractivity contribution is -0.139. The molecule has 1 N–H and O–H groups in total. The number of Topliss-reactive ketones (excluding diaryl/α,β-unsaturated/α-hetero) is 1. The van der Waals surface area contributed by atoms with Crippen LogP contribution in [0.5, 0.6) is 5.75 Å². The molecule has 3 rings (SSSR count). The third kappa shape index (κ3) is 5.51. The Hall–Kier alpha value is -3.15. The molecule has 6 heteroatoms. The number of nitrogens with one attached hydrogen (secondary N) is 1. The number of carbonyl (C=O) groups is 3. The highest BCUT2D eigenvalue weighted by molar-refractivity contribution is 6.18. The summed E-state index contributed by atoms with van der Waals surface area (Å²) in [5.74, 6) is -0.549. The number of hydrogen-bond acceptors (Lipinski definition) is 4. The van der Waals surface area contributed by atoms with Crippen molar-refractivity contribution in [2.45, 2.75) is 51.7 Å². The number of ether oxygens (including phenoxy) is 1. The number of rotatable bonds is 6. The van der Waals surface area contributed by atoms with Crippen molar-refractivity contribution in [3.63, 3.8) is 0 Å². The lowest BCUT2D eigenvalue weighted by Gasteiger charge is -2.37. The second-order valence-corrected chi connectivity index (χ2v) is 8.82. The summed E-state index contributed by atoms with van der Waals surface area (Å²) in [6.07, 6.45) is 1.27. The summed E-state index contributed by atoms with van der Waals surface area (Å²) in [5.41, 5.74) is 1.36. The van der Waals surface area contributed by atoms with Crippen LogP contribution in [0.25, 0.3) is 0 Å². The molecule has 2 amide bonds. The van der Waals surface area contributed by atoms with Crippen molar-refractivity contribution in [3.8, 4) is 5.75 Å². The van der Waals surface area contributed by atoms with Crippen LogP contribution in [0.4, 0.5) is 5.69 Å². The van der Waals surface area contributed by atoms with Crippen LogP contribution in [-0.2, 0) is 20.8 Å². The number of amides is 2. The van der Waals surface area contributed by atoms with E-state index in [1.165, 1.54) is 11.9 Å². The molecule has 0 radical (unpaired) electrons. The van der Waals surface area contributed by atoms with Gasteiger partial charge in [0.15, 0.2) is 11.8 Å². The Bertz CT molecular complexity index is 932. The lowest BCUT2D eigenvalue weighted by atomic mass is 9.85. The van der Waals surface area contributed by atoms with Crippen molar-refractivity contribution in [3.05, 3.63) is 60.2 Å². The van der Waals surface area contributed by atoms with Gasteiger partial charge in [-0.2, -0.15) is 0 Å². The Balaban J connectivity index is 1.74. The summed E-state index contributed by atoms with van der Waals surface area (Å²) in [4.78, 5) is 39.9. The summed E-state index contributed by atoms with van der Waals surface area (Å²) < 4.78 is 5.85. The fraction of sp³-hybridized carbons (Fsp3) is 0.400. The number of anilines is 1. The molecule has 0 saturated carbocycles. The zero-order valence-corrected chi connectivity index (χ0v) is 18.6. The van der Waals surface area contributed by atoms with Gasteiger partial charge < -0.3 is 10.1 Å². The first kappa shape index (κ1) is 22.5. The van der Waals surface area contributed by atoms with Crippen LogP contribution >= 0.6 is 0 Å². The summed E-state index contributed by atoms with van der Waals surface area (Å²) in [7, 11) is 1.47. The zero-order chi connectivity index (χ0) is 22.6. The molecule has 0 unspecified atom stereocenters. The van der Waals surface area contributed by atoms with Crippen molar-refractivity contribution in [1.29, 1.82) is 0 Å². The van der Waals surface area contributed by atoms with Gasteiger partial charge in [0.2, 0.25) is 5.91 Å². The summed E-state index contributed by atoms with van der Waals surface area (Å²) in [6, 6.07) is 15.6. The minimum Gasteiger partial charge on any atom is -0.488 e. The molecule has 164 valence electrons. The summed E-state index contributed by atoms with van der Waals surface area (Å²) >= 11 is 0. The van der Waals surface area contributed by atoms with E-state index in [1.54, 1.807) is 24.3 Å². The second kappa shape index (κ2) is 9.33. The molecule has 31 heavy (non-hydrogen) atoms. The van der Waals surface area contributed by atoms with E-state index in [9.17, 15) is 14.4 Å². The molecule has 0 aliphatic carbocycles. The van der Waals surface area contributed by atoms with E-state index in [4.69, 9.17) is 4.74 Å². The molecule has 2 atom stereocenters. The van der Waals surface area contributed by atoms with Gasteiger partial charge in [-0.25, -0.2) is 0 Å². The fourth-order valence-corrected chi connectivity index (χ4v) is 3.82. The van der Waals surface area contributed by atoms with Gasteiger partial charge in [-0.3, -0.25) is 19.3 Å². The Labute approximate surface area is 183 Å². The molecular weight excluding hydrogens is 392 g/mol. The number of para-hydroxylation sites is 1. The van der Waals surface area contributed by atoms with Crippen molar-refractivity contribution in [2.24, 2.45) is 5.92 Å². The molecule has 2 aromatic rings. The Morgan fingerprint density at radius 2 is 1.71 bits per heavy atom. The third-order valence-electron chi connectivity index (χ3n) is 5.26. The van der Waals surface area contributed by atoms with E-state index in [1.807, 2.05) is 51.1 Å². The van der Waals surface area contributed by atoms with Crippen LogP contribution in [-0.4, -0.2) is 36.3 Å². The molecule has 6 nitrogen and oxygen atoms in total. The zero-order valence-electron chi connectivity index (χ0n) is 18.6. The average Bonchev–Trinajstić information content (AvgIpc) is 2.73. The first-order chi connectivity index (χ1) is 14.7. The predicted molar refractivity (Wildman–Crippen MR) is 120 cm³/mol.